The average Bonchev–Trinajstić information content (AvgIpc) is 2.52. The van der Waals surface area contributed by atoms with Crippen LogP contribution in [0.2, 0.25) is 5.02 Å². The van der Waals surface area contributed by atoms with Crippen LogP contribution in [-0.4, -0.2) is 36.1 Å². The van der Waals surface area contributed by atoms with Crippen LogP contribution in [0, 0.1) is 0 Å². The van der Waals surface area contributed by atoms with Crippen LogP contribution in [0.15, 0.2) is 18.2 Å². The summed E-state index contributed by atoms with van der Waals surface area (Å²) >= 11 is 6.24. The van der Waals surface area contributed by atoms with Gasteiger partial charge in [0.2, 0.25) is 0 Å². The van der Waals surface area contributed by atoms with Crippen LogP contribution in [0.1, 0.15) is 16.7 Å². The van der Waals surface area contributed by atoms with Crippen molar-refractivity contribution in [3.63, 3.8) is 0 Å². The largest absolute Gasteiger partial charge is 0.478 e. The first-order chi connectivity index (χ1) is 8.58. The molecular weight excluding hydrogens is 250 g/mol. The minimum absolute atomic E-state index is 0.785. The Kier molecular flexibility index (Phi) is 4.04. The first-order valence-electron chi connectivity index (χ1n) is 5.97. The SMILES string of the molecule is CN1CCc2c(Cl)ccc(C=CC(=O)O)c2CC1. The third kappa shape index (κ3) is 2.92. The van der Waals surface area contributed by atoms with Crippen molar-refractivity contribution >= 4 is 23.6 Å². The number of carboxylic acids is 1. The third-order valence-corrected chi connectivity index (χ3v) is 3.66. The van der Waals surface area contributed by atoms with Gasteiger partial charge in [-0.1, -0.05) is 17.7 Å². The summed E-state index contributed by atoms with van der Waals surface area (Å²) in [5, 5.41) is 9.49. The van der Waals surface area contributed by atoms with Gasteiger partial charge in [0.1, 0.15) is 0 Å². The Hall–Kier alpha value is -1.32. The molecule has 1 aromatic rings. The molecule has 2 rings (SSSR count). The topological polar surface area (TPSA) is 40.5 Å². The lowest BCUT2D eigenvalue weighted by Gasteiger charge is -2.11. The molecule has 0 unspecified atom stereocenters. The Morgan fingerprint density at radius 3 is 2.67 bits per heavy atom. The van der Waals surface area contributed by atoms with Crippen LogP contribution in [0.4, 0.5) is 0 Å². The molecular formula is C14H16ClNO2. The highest BCUT2D eigenvalue weighted by Gasteiger charge is 2.16. The van der Waals surface area contributed by atoms with Gasteiger partial charge < -0.3 is 10.0 Å². The summed E-state index contributed by atoms with van der Waals surface area (Å²) in [5.41, 5.74) is 3.31. The van der Waals surface area contributed by atoms with Crippen LogP contribution in [-0.2, 0) is 17.6 Å². The molecule has 0 spiro atoms. The lowest BCUT2D eigenvalue weighted by atomic mass is 9.97. The number of rotatable bonds is 2. The maximum Gasteiger partial charge on any atom is 0.328 e. The second-order valence-corrected chi connectivity index (χ2v) is 4.98. The Balaban J connectivity index is 2.41. The molecule has 0 saturated carbocycles. The van der Waals surface area contributed by atoms with Crippen molar-refractivity contribution in [2.24, 2.45) is 0 Å². The number of benzene rings is 1. The molecule has 1 aliphatic rings. The van der Waals surface area contributed by atoms with E-state index in [1.165, 1.54) is 11.6 Å². The molecule has 96 valence electrons. The molecule has 0 aromatic heterocycles. The van der Waals surface area contributed by atoms with Gasteiger partial charge in [0.25, 0.3) is 0 Å². The van der Waals surface area contributed by atoms with E-state index in [-0.39, 0.29) is 0 Å². The second-order valence-electron chi connectivity index (χ2n) is 4.57. The number of carbonyl (C=O) groups is 1. The summed E-state index contributed by atoms with van der Waals surface area (Å²) in [4.78, 5) is 12.9. The predicted molar refractivity (Wildman–Crippen MR) is 73.0 cm³/mol. The molecule has 0 saturated heterocycles. The van der Waals surface area contributed by atoms with Crippen molar-refractivity contribution in [3.05, 3.63) is 39.9 Å². The van der Waals surface area contributed by atoms with E-state index in [1.807, 2.05) is 12.1 Å². The molecule has 0 atom stereocenters. The minimum Gasteiger partial charge on any atom is -0.478 e. The van der Waals surface area contributed by atoms with Gasteiger partial charge in [-0.25, -0.2) is 4.79 Å². The van der Waals surface area contributed by atoms with Crippen LogP contribution in [0.3, 0.4) is 0 Å². The van der Waals surface area contributed by atoms with E-state index in [1.54, 1.807) is 6.08 Å². The average molecular weight is 266 g/mol. The van der Waals surface area contributed by atoms with Gasteiger partial charge >= 0.3 is 5.97 Å². The first kappa shape index (κ1) is 13.1. The fourth-order valence-corrected chi connectivity index (χ4v) is 2.55. The number of hydrogen-bond acceptors (Lipinski definition) is 2. The normalized spacial score (nSPS) is 16.6. The molecule has 0 amide bonds. The number of halogens is 1. The highest BCUT2D eigenvalue weighted by Crippen LogP contribution is 2.27. The van der Waals surface area contributed by atoms with Gasteiger partial charge in [-0.15, -0.1) is 0 Å². The number of aliphatic carboxylic acids is 1. The zero-order chi connectivity index (χ0) is 13.1. The van der Waals surface area contributed by atoms with E-state index < -0.39 is 5.97 Å². The fraction of sp³-hybridized carbons (Fsp3) is 0.357. The number of carboxylic acid groups (broad SMARTS) is 1. The Morgan fingerprint density at radius 2 is 2.00 bits per heavy atom. The van der Waals surface area contributed by atoms with Crippen LogP contribution in [0.5, 0.6) is 0 Å². The lowest BCUT2D eigenvalue weighted by Crippen LogP contribution is -2.20. The quantitative estimate of drug-likeness (QED) is 0.835. The number of likely N-dealkylation sites (N-methyl/N-ethyl adjacent to an activating group) is 1. The van der Waals surface area contributed by atoms with Gasteiger partial charge in [-0.2, -0.15) is 0 Å². The van der Waals surface area contributed by atoms with E-state index >= 15 is 0 Å². The van der Waals surface area contributed by atoms with Gasteiger partial charge in [0.05, 0.1) is 0 Å². The minimum atomic E-state index is -0.926. The third-order valence-electron chi connectivity index (χ3n) is 3.30. The van der Waals surface area contributed by atoms with Crippen molar-refractivity contribution in [2.45, 2.75) is 12.8 Å². The summed E-state index contributed by atoms with van der Waals surface area (Å²) in [7, 11) is 2.09. The van der Waals surface area contributed by atoms with E-state index in [9.17, 15) is 4.79 Å². The van der Waals surface area contributed by atoms with E-state index in [2.05, 4.69) is 11.9 Å². The van der Waals surface area contributed by atoms with Gasteiger partial charge in [0.15, 0.2) is 0 Å². The monoisotopic (exact) mass is 265 g/mol. The van der Waals surface area contributed by atoms with Crippen molar-refractivity contribution in [2.75, 3.05) is 20.1 Å². The fourth-order valence-electron chi connectivity index (χ4n) is 2.28. The van der Waals surface area contributed by atoms with Gasteiger partial charge in [0, 0.05) is 24.2 Å². The highest BCUT2D eigenvalue weighted by molar-refractivity contribution is 6.31. The Bertz CT molecular complexity index is 497. The van der Waals surface area contributed by atoms with Crippen molar-refractivity contribution in [3.8, 4) is 0 Å². The molecule has 0 bridgehead atoms. The maximum atomic E-state index is 10.6. The van der Waals surface area contributed by atoms with Crippen LogP contribution >= 0.6 is 11.6 Å². The summed E-state index contributed by atoms with van der Waals surface area (Å²) in [6.07, 6.45) is 4.66. The molecule has 4 heteroatoms. The Morgan fingerprint density at radius 1 is 1.33 bits per heavy atom. The first-order valence-corrected chi connectivity index (χ1v) is 6.35. The van der Waals surface area contributed by atoms with Crippen LogP contribution < -0.4 is 0 Å². The number of nitrogens with zero attached hydrogens (tertiary/aromatic N) is 1. The van der Waals surface area contributed by atoms with E-state index in [0.717, 1.165) is 42.1 Å². The standard InChI is InChI=1S/C14H16ClNO2/c1-16-8-6-11-10(3-5-14(17)18)2-4-13(15)12(11)7-9-16/h2-5H,6-9H2,1H3,(H,17,18). The van der Waals surface area contributed by atoms with Gasteiger partial charge in [-0.3, -0.25) is 0 Å². The molecule has 0 radical (unpaired) electrons. The molecule has 18 heavy (non-hydrogen) atoms. The molecule has 0 fully saturated rings. The van der Waals surface area contributed by atoms with Crippen molar-refractivity contribution < 1.29 is 9.90 Å². The van der Waals surface area contributed by atoms with E-state index in [0.29, 0.717) is 0 Å². The molecule has 0 aliphatic carbocycles. The molecule has 1 aromatic carbocycles. The zero-order valence-corrected chi connectivity index (χ0v) is 11.1. The summed E-state index contributed by atoms with van der Waals surface area (Å²) in [5.74, 6) is -0.926. The van der Waals surface area contributed by atoms with Gasteiger partial charge in [-0.05, 0) is 48.7 Å². The molecule has 1 heterocycles. The maximum absolute atomic E-state index is 10.6. The van der Waals surface area contributed by atoms with Crippen molar-refractivity contribution in [1.29, 1.82) is 0 Å². The zero-order valence-electron chi connectivity index (χ0n) is 10.3. The Labute approximate surface area is 112 Å². The number of fused-ring (bicyclic) bond motifs is 1. The van der Waals surface area contributed by atoms with Crippen LogP contribution in [0.25, 0.3) is 6.08 Å². The molecule has 1 N–H and O–H groups in total. The highest BCUT2D eigenvalue weighted by atomic mass is 35.5. The van der Waals surface area contributed by atoms with Crippen molar-refractivity contribution in [1.82, 2.24) is 4.90 Å². The summed E-state index contributed by atoms with van der Waals surface area (Å²) < 4.78 is 0. The predicted octanol–water partition coefficient (Wildman–Crippen LogP) is 2.47. The molecule has 3 nitrogen and oxygen atoms in total. The summed E-state index contributed by atoms with van der Waals surface area (Å²) in [6.45, 7) is 1.96. The number of hydrogen-bond donors (Lipinski definition) is 1. The second kappa shape index (κ2) is 5.55. The summed E-state index contributed by atoms with van der Waals surface area (Å²) in [6, 6.07) is 3.75. The van der Waals surface area contributed by atoms with E-state index in [4.69, 9.17) is 16.7 Å². The molecule has 1 aliphatic heterocycles. The smallest absolute Gasteiger partial charge is 0.328 e. The lowest BCUT2D eigenvalue weighted by molar-refractivity contribution is -0.131.